The molecule has 0 bridgehead atoms. The van der Waals surface area contributed by atoms with Gasteiger partial charge in [-0.25, -0.2) is 4.98 Å². The van der Waals surface area contributed by atoms with Gasteiger partial charge in [-0.3, -0.25) is 4.68 Å². The van der Waals surface area contributed by atoms with Gasteiger partial charge in [0.1, 0.15) is 12.7 Å². The van der Waals surface area contributed by atoms with Crippen molar-refractivity contribution in [3.63, 3.8) is 0 Å². The zero-order chi connectivity index (χ0) is 16.7. The van der Waals surface area contributed by atoms with Crippen LogP contribution in [0.2, 0.25) is 6.82 Å². The number of rotatable bonds is 5. The average Bonchev–Trinajstić information content (AvgIpc) is 3.14. The summed E-state index contributed by atoms with van der Waals surface area (Å²) >= 11 is 0. The Morgan fingerprint density at radius 3 is 2.91 bits per heavy atom. The van der Waals surface area contributed by atoms with E-state index < -0.39 is 0 Å². The Labute approximate surface area is 140 Å². The first kappa shape index (κ1) is 17.5. The molecular formula is C18H27BN4. The Morgan fingerprint density at radius 2 is 2.26 bits per heavy atom. The van der Waals surface area contributed by atoms with E-state index in [0.717, 1.165) is 25.9 Å². The maximum atomic E-state index is 4.12. The summed E-state index contributed by atoms with van der Waals surface area (Å²) in [6, 6.07) is 6.67. The number of allylic oxidation sites excluding steroid dienone is 1. The van der Waals surface area contributed by atoms with Crippen LogP contribution < -0.4 is 10.8 Å². The number of hydrogen-bond acceptors (Lipinski definition) is 3. The Bertz CT molecular complexity index is 609. The minimum absolute atomic E-state index is 0.571. The van der Waals surface area contributed by atoms with Crippen LogP contribution in [0, 0.1) is 6.92 Å². The van der Waals surface area contributed by atoms with E-state index in [1.807, 2.05) is 11.6 Å². The Morgan fingerprint density at radius 1 is 1.48 bits per heavy atom. The summed E-state index contributed by atoms with van der Waals surface area (Å²) in [7, 11) is 0. The minimum Gasteiger partial charge on any atom is -0.320 e. The van der Waals surface area contributed by atoms with Crippen molar-refractivity contribution >= 4 is 12.2 Å². The molecule has 1 aromatic heterocycles. The zero-order valence-electron chi connectivity index (χ0n) is 14.5. The molecule has 0 aliphatic carbocycles. The number of fused-ring (bicyclic) bond motifs is 1. The first-order chi connectivity index (χ1) is 11.2. The van der Waals surface area contributed by atoms with Gasteiger partial charge >= 0.3 is 0 Å². The monoisotopic (exact) mass is 310 g/mol. The number of nitrogens with zero attached hydrogens (tertiary/aromatic N) is 3. The van der Waals surface area contributed by atoms with Crippen molar-refractivity contribution in [1.82, 2.24) is 20.1 Å². The molecule has 0 radical (unpaired) electrons. The highest BCUT2D eigenvalue weighted by Gasteiger charge is 2.32. The van der Waals surface area contributed by atoms with Crippen molar-refractivity contribution in [1.29, 1.82) is 0 Å². The predicted molar refractivity (Wildman–Crippen MR) is 98.4 cm³/mol. The second kappa shape index (κ2) is 8.68. The minimum atomic E-state index is 0.571. The van der Waals surface area contributed by atoms with Crippen molar-refractivity contribution in [2.75, 3.05) is 6.54 Å². The molecule has 1 aliphatic heterocycles. The lowest BCUT2D eigenvalue weighted by Crippen LogP contribution is -2.45. The summed E-state index contributed by atoms with van der Waals surface area (Å²) in [4.78, 5) is 3.96. The van der Waals surface area contributed by atoms with E-state index in [2.05, 4.69) is 53.9 Å². The van der Waals surface area contributed by atoms with Gasteiger partial charge < -0.3 is 5.32 Å². The van der Waals surface area contributed by atoms with Gasteiger partial charge in [0.05, 0.1) is 0 Å². The van der Waals surface area contributed by atoms with Gasteiger partial charge in [-0.15, -0.1) is 6.58 Å². The largest absolute Gasteiger partial charge is 0.320 e. The van der Waals surface area contributed by atoms with Gasteiger partial charge in [0, 0.05) is 6.54 Å². The molecule has 0 saturated heterocycles. The van der Waals surface area contributed by atoms with Gasteiger partial charge in [0.15, 0.2) is 6.71 Å². The van der Waals surface area contributed by atoms with E-state index in [-0.39, 0.29) is 0 Å². The van der Waals surface area contributed by atoms with Crippen molar-refractivity contribution in [3.8, 4) is 0 Å². The fourth-order valence-electron chi connectivity index (χ4n) is 3.31. The quantitative estimate of drug-likeness (QED) is 0.523. The molecule has 1 aliphatic rings. The number of benzene rings is 1. The molecule has 3 rings (SSSR count). The van der Waals surface area contributed by atoms with Gasteiger partial charge in [-0.1, -0.05) is 47.7 Å². The third-order valence-corrected chi connectivity index (χ3v) is 4.35. The lowest BCUT2D eigenvalue weighted by atomic mass is 9.44. The van der Waals surface area contributed by atoms with Crippen molar-refractivity contribution in [3.05, 3.63) is 54.6 Å². The van der Waals surface area contributed by atoms with E-state index in [0.29, 0.717) is 12.7 Å². The van der Waals surface area contributed by atoms with Crippen molar-refractivity contribution in [2.45, 2.75) is 46.0 Å². The molecule has 0 spiro atoms. The number of hydrogen-bond donors (Lipinski definition) is 1. The Balaban J connectivity index is 0.000000595. The van der Waals surface area contributed by atoms with E-state index >= 15 is 0 Å². The SMILES string of the molecule is C=CC.CB1c2c(C)cccc2CC1NCCCn1cncn1. The van der Waals surface area contributed by atoms with Crippen molar-refractivity contribution < 1.29 is 0 Å². The molecule has 23 heavy (non-hydrogen) atoms. The highest BCUT2D eigenvalue weighted by atomic mass is 15.3. The molecule has 4 nitrogen and oxygen atoms in total. The van der Waals surface area contributed by atoms with E-state index in [4.69, 9.17) is 0 Å². The number of aryl methyl sites for hydroxylation is 2. The molecule has 1 atom stereocenters. The third kappa shape index (κ3) is 4.55. The van der Waals surface area contributed by atoms with Crippen LogP contribution in [0.1, 0.15) is 24.5 Å². The highest BCUT2D eigenvalue weighted by molar-refractivity contribution is 6.75. The van der Waals surface area contributed by atoms with Crippen LogP contribution in [0.4, 0.5) is 0 Å². The molecule has 122 valence electrons. The van der Waals surface area contributed by atoms with Gasteiger partial charge in [-0.2, -0.15) is 5.10 Å². The Kier molecular flexibility index (Phi) is 6.59. The fourth-order valence-corrected chi connectivity index (χ4v) is 3.31. The van der Waals surface area contributed by atoms with E-state index in [1.54, 1.807) is 24.2 Å². The molecule has 0 saturated carbocycles. The van der Waals surface area contributed by atoms with Gasteiger partial charge in [0.2, 0.25) is 0 Å². The van der Waals surface area contributed by atoms with Gasteiger partial charge in [0.25, 0.3) is 0 Å². The molecule has 2 heterocycles. The topological polar surface area (TPSA) is 42.7 Å². The van der Waals surface area contributed by atoms with Crippen LogP contribution in [0.3, 0.4) is 0 Å². The third-order valence-electron chi connectivity index (χ3n) is 4.35. The fraction of sp³-hybridized carbons (Fsp3) is 0.444. The zero-order valence-corrected chi connectivity index (χ0v) is 14.5. The lowest BCUT2D eigenvalue weighted by molar-refractivity contribution is 0.530. The molecule has 1 unspecified atom stereocenters. The first-order valence-corrected chi connectivity index (χ1v) is 8.38. The number of aromatic nitrogens is 3. The average molecular weight is 310 g/mol. The van der Waals surface area contributed by atoms with Crippen molar-refractivity contribution in [2.24, 2.45) is 0 Å². The van der Waals surface area contributed by atoms with Crippen LogP contribution in [0.15, 0.2) is 43.5 Å². The van der Waals surface area contributed by atoms with Gasteiger partial charge in [-0.05, 0) is 39.2 Å². The number of nitrogens with one attached hydrogen (secondary N) is 1. The lowest BCUT2D eigenvalue weighted by Gasteiger charge is -2.16. The molecule has 1 N–H and O–H groups in total. The summed E-state index contributed by atoms with van der Waals surface area (Å²) in [5.41, 5.74) is 4.51. The standard InChI is InChI=1S/C15H21BN4.C3H6/c1-12-5-3-6-13-9-14(16(2)15(12)13)18-7-4-8-20-11-17-10-19-20;1-3-2/h3,5-6,10-11,14,18H,4,7-9H2,1-2H3;3H,1H2,2H3. The highest BCUT2D eigenvalue weighted by Crippen LogP contribution is 2.16. The smallest absolute Gasteiger partial charge is 0.192 e. The summed E-state index contributed by atoms with van der Waals surface area (Å²) in [5, 5.41) is 7.83. The molecule has 0 amide bonds. The van der Waals surface area contributed by atoms with Crippen LogP contribution in [-0.4, -0.2) is 34.0 Å². The Hall–Kier alpha value is -1.88. The first-order valence-electron chi connectivity index (χ1n) is 8.38. The molecule has 2 aromatic rings. The van der Waals surface area contributed by atoms with Crippen LogP contribution in [0.25, 0.3) is 0 Å². The van der Waals surface area contributed by atoms with Crippen LogP contribution in [-0.2, 0) is 13.0 Å². The summed E-state index contributed by atoms with van der Waals surface area (Å²) < 4.78 is 1.89. The summed E-state index contributed by atoms with van der Waals surface area (Å²) in [6.45, 7) is 12.4. The van der Waals surface area contributed by atoms with E-state index in [9.17, 15) is 0 Å². The molecule has 0 fully saturated rings. The molecule has 1 aromatic carbocycles. The second-order valence-corrected chi connectivity index (χ2v) is 6.12. The predicted octanol–water partition coefficient (Wildman–Crippen LogP) is 2.25. The summed E-state index contributed by atoms with van der Waals surface area (Å²) in [6.07, 6.45) is 7.35. The summed E-state index contributed by atoms with van der Waals surface area (Å²) in [5.74, 6) is 0.571. The normalized spacial score (nSPS) is 15.8. The maximum Gasteiger partial charge on any atom is 0.192 e. The second-order valence-electron chi connectivity index (χ2n) is 6.12. The van der Waals surface area contributed by atoms with E-state index in [1.165, 1.54) is 11.1 Å². The van der Waals surface area contributed by atoms with Crippen LogP contribution in [0.5, 0.6) is 0 Å². The molecule has 5 heteroatoms. The van der Waals surface area contributed by atoms with Crippen LogP contribution >= 0.6 is 0 Å². The molecular weight excluding hydrogens is 283 g/mol. The maximum absolute atomic E-state index is 4.12.